The highest BCUT2D eigenvalue weighted by Crippen LogP contribution is 2.60. The standard InChI is InChI=1S/C32H41Cl2N3O4S/c1-4-12-35-31(39)21(2)36(19-27-28(33)6-5-7-29(27)34)30(38)20-37(42(3,40)41)26-10-8-25(9-11-26)32-16-22-13-23(17-32)15-24(14-22)18-32/h5-11,21-24H,4,12-20H2,1-3H3,(H,35,39)/t21-,22?,23?,24?,32?/m0/s1. The lowest BCUT2D eigenvalue weighted by atomic mass is 9.48. The van der Waals surface area contributed by atoms with Crippen molar-refractivity contribution in [3.05, 3.63) is 63.6 Å². The van der Waals surface area contributed by atoms with Gasteiger partial charge >= 0.3 is 0 Å². The molecule has 2 aromatic rings. The highest BCUT2D eigenvalue weighted by atomic mass is 35.5. The molecule has 1 N–H and O–H groups in total. The molecule has 4 aliphatic rings. The Labute approximate surface area is 260 Å². The first-order valence-electron chi connectivity index (χ1n) is 15.0. The summed E-state index contributed by atoms with van der Waals surface area (Å²) >= 11 is 12.8. The smallest absolute Gasteiger partial charge is 0.244 e. The van der Waals surface area contributed by atoms with Crippen molar-refractivity contribution in [1.82, 2.24) is 10.2 Å². The fraction of sp³-hybridized carbons (Fsp3) is 0.562. The molecule has 6 rings (SSSR count). The van der Waals surface area contributed by atoms with Crippen LogP contribution in [0, 0.1) is 17.8 Å². The minimum Gasteiger partial charge on any atom is -0.354 e. The van der Waals surface area contributed by atoms with Gasteiger partial charge in [0.05, 0.1) is 11.9 Å². The molecule has 4 bridgehead atoms. The second kappa shape index (κ2) is 12.4. The normalized spacial score (nSPS) is 25.2. The Kier molecular flexibility index (Phi) is 9.17. The average Bonchev–Trinajstić information content (AvgIpc) is 2.93. The summed E-state index contributed by atoms with van der Waals surface area (Å²) in [6.45, 7) is 3.53. The van der Waals surface area contributed by atoms with Crippen LogP contribution < -0.4 is 9.62 Å². The lowest BCUT2D eigenvalue weighted by Crippen LogP contribution is -2.51. The molecule has 4 saturated carbocycles. The number of halogens is 2. The molecule has 0 aliphatic heterocycles. The maximum atomic E-state index is 13.9. The van der Waals surface area contributed by atoms with Gasteiger partial charge in [0.25, 0.3) is 0 Å². The van der Waals surface area contributed by atoms with Crippen molar-refractivity contribution < 1.29 is 18.0 Å². The molecular formula is C32H41Cl2N3O4S. The number of nitrogens with zero attached hydrogens (tertiary/aromatic N) is 2. The van der Waals surface area contributed by atoms with Crippen LogP contribution in [0.4, 0.5) is 5.69 Å². The first kappa shape index (κ1) is 31.1. The van der Waals surface area contributed by atoms with E-state index >= 15 is 0 Å². The molecule has 1 atom stereocenters. The van der Waals surface area contributed by atoms with Crippen molar-refractivity contribution >= 4 is 50.7 Å². The summed E-state index contributed by atoms with van der Waals surface area (Å²) in [5.41, 5.74) is 2.39. The second-order valence-electron chi connectivity index (χ2n) is 12.7. The van der Waals surface area contributed by atoms with Crippen molar-refractivity contribution in [3.63, 3.8) is 0 Å². The van der Waals surface area contributed by atoms with E-state index in [1.54, 1.807) is 25.1 Å². The summed E-state index contributed by atoms with van der Waals surface area (Å²) in [5.74, 6) is 1.54. The topological polar surface area (TPSA) is 86.8 Å². The molecule has 7 nitrogen and oxygen atoms in total. The highest BCUT2D eigenvalue weighted by molar-refractivity contribution is 7.92. The molecular weight excluding hydrogens is 593 g/mol. The molecule has 10 heteroatoms. The monoisotopic (exact) mass is 633 g/mol. The number of anilines is 1. The molecule has 4 aliphatic carbocycles. The van der Waals surface area contributed by atoms with Gasteiger partial charge in [0.1, 0.15) is 12.6 Å². The van der Waals surface area contributed by atoms with Crippen LogP contribution in [0.25, 0.3) is 0 Å². The summed E-state index contributed by atoms with van der Waals surface area (Å²) in [5, 5.41) is 3.55. The van der Waals surface area contributed by atoms with Crippen LogP contribution in [0.15, 0.2) is 42.5 Å². The number of carbonyl (C=O) groups excluding carboxylic acids is 2. The van der Waals surface area contributed by atoms with Crippen molar-refractivity contribution in [1.29, 1.82) is 0 Å². The zero-order chi connectivity index (χ0) is 30.2. The van der Waals surface area contributed by atoms with E-state index in [-0.39, 0.29) is 17.9 Å². The van der Waals surface area contributed by atoms with Crippen LogP contribution >= 0.6 is 23.2 Å². The van der Waals surface area contributed by atoms with E-state index in [9.17, 15) is 18.0 Å². The number of benzene rings is 2. The third kappa shape index (κ3) is 6.46. The van der Waals surface area contributed by atoms with Gasteiger partial charge in [-0.05, 0) is 105 Å². The summed E-state index contributed by atoms with van der Waals surface area (Å²) in [4.78, 5) is 28.2. The van der Waals surface area contributed by atoms with Gasteiger partial charge in [0, 0.05) is 28.7 Å². The molecule has 42 heavy (non-hydrogen) atoms. The molecule has 0 spiro atoms. The molecule has 0 heterocycles. The minimum absolute atomic E-state index is 0.0411. The molecule has 0 saturated heterocycles. The predicted octanol–water partition coefficient (Wildman–Crippen LogP) is 6.17. The Bertz CT molecular complexity index is 1370. The largest absolute Gasteiger partial charge is 0.354 e. The van der Waals surface area contributed by atoms with Crippen LogP contribution in [-0.4, -0.2) is 50.5 Å². The van der Waals surface area contributed by atoms with Crippen molar-refractivity contribution in [3.8, 4) is 0 Å². The fourth-order valence-corrected chi connectivity index (χ4v) is 9.26. The SMILES string of the molecule is CCCNC(=O)[C@H](C)N(Cc1c(Cl)cccc1Cl)C(=O)CN(c1ccc(C23CC4CC(CC(C4)C2)C3)cc1)S(C)(=O)=O. The van der Waals surface area contributed by atoms with Crippen LogP contribution in [0.3, 0.4) is 0 Å². The molecule has 2 amide bonds. The predicted molar refractivity (Wildman–Crippen MR) is 168 cm³/mol. The van der Waals surface area contributed by atoms with E-state index in [1.807, 2.05) is 19.1 Å². The summed E-state index contributed by atoms with van der Waals surface area (Å²) in [6, 6.07) is 11.9. The number of sulfonamides is 1. The first-order valence-corrected chi connectivity index (χ1v) is 17.6. The number of amides is 2. The molecule has 4 fully saturated rings. The molecule has 2 aromatic carbocycles. The minimum atomic E-state index is -3.82. The van der Waals surface area contributed by atoms with E-state index in [2.05, 4.69) is 17.4 Å². The third-order valence-corrected chi connectivity index (χ3v) is 11.4. The van der Waals surface area contributed by atoms with E-state index in [1.165, 1.54) is 49.0 Å². The Hall–Kier alpha value is -2.29. The number of rotatable bonds is 11. The van der Waals surface area contributed by atoms with Crippen LogP contribution in [0.5, 0.6) is 0 Å². The maximum Gasteiger partial charge on any atom is 0.244 e. The molecule has 228 valence electrons. The Morgan fingerprint density at radius 2 is 1.52 bits per heavy atom. The van der Waals surface area contributed by atoms with Gasteiger partial charge in [-0.2, -0.15) is 0 Å². The van der Waals surface area contributed by atoms with Crippen LogP contribution in [-0.2, 0) is 31.6 Å². The Balaban J connectivity index is 1.40. The van der Waals surface area contributed by atoms with E-state index < -0.39 is 28.5 Å². The Morgan fingerprint density at radius 3 is 2.02 bits per heavy atom. The maximum absolute atomic E-state index is 13.9. The molecule has 0 radical (unpaired) electrons. The Morgan fingerprint density at radius 1 is 0.976 bits per heavy atom. The van der Waals surface area contributed by atoms with E-state index in [0.717, 1.165) is 34.7 Å². The quantitative estimate of drug-likeness (QED) is 0.321. The number of carbonyl (C=O) groups is 2. The zero-order valence-electron chi connectivity index (χ0n) is 24.6. The molecule has 0 aromatic heterocycles. The van der Waals surface area contributed by atoms with Gasteiger partial charge in [0.15, 0.2) is 0 Å². The second-order valence-corrected chi connectivity index (χ2v) is 15.4. The molecule has 0 unspecified atom stereocenters. The van der Waals surface area contributed by atoms with Gasteiger partial charge in [-0.25, -0.2) is 8.42 Å². The van der Waals surface area contributed by atoms with Gasteiger partial charge < -0.3 is 10.2 Å². The van der Waals surface area contributed by atoms with Gasteiger partial charge in [-0.3, -0.25) is 13.9 Å². The van der Waals surface area contributed by atoms with Crippen LogP contribution in [0.1, 0.15) is 69.9 Å². The van der Waals surface area contributed by atoms with Gasteiger partial charge in [-0.15, -0.1) is 0 Å². The van der Waals surface area contributed by atoms with Crippen LogP contribution in [0.2, 0.25) is 10.0 Å². The third-order valence-electron chi connectivity index (χ3n) is 9.59. The van der Waals surface area contributed by atoms with E-state index in [0.29, 0.717) is 27.8 Å². The highest BCUT2D eigenvalue weighted by Gasteiger charge is 2.51. The van der Waals surface area contributed by atoms with Crippen molar-refractivity contribution in [2.75, 3.05) is 23.7 Å². The van der Waals surface area contributed by atoms with Gasteiger partial charge in [-0.1, -0.05) is 48.3 Å². The summed E-state index contributed by atoms with van der Waals surface area (Å²) in [6.07, 6.45) is 9.53. The zero-order valence-corrected chi connectivity index (χ0v) is 26.9. The number of hydrogen-bond donors (Lipinski definition) is 1. The number of nitrogens with one attached hydrogen (secondary N) is 1. The summed E-state index contributed by atoms with van der Waals surface area (Å²) < 4.78 is 27.2. The van der Waals surface area contributed by atoms with Gasteiger partial charge in [0.2, 0.25) is 21.8 Å². The van der Waals surface area contributed by atoms with E-state index in [4.69, 9.17) is 23.2 Å². The summed E-state index contributed by atoms with van der Waals surface area (Å²) in [7, 11) is -3.82. The average molecular weight is 635 g/mol. The lowest BCUT2D eigenvalue weighted by molar-refractivity contribution is -0.139. The fourth-order valence-electron chi connectivity index (χ4n) is 7.89. The first-order chi connectivity index (χ1) is 19.9. The van der Waals surface area contributed by atoms with Crippen molar-refractivity contribution in [2.24, 2.45) is 17.8 Å². The lowest BCUT2D eigenvalue weighted by Gasteiger charge is -2.57. The number of hydrogen-bond acceptors (Lipinski definition) is 4. The van der Waals surface area contributed by atoms with Crippen molar-refractivity contribution in [2.45, 2.75) is 76.8 Å².